The Bertz CT molecular complexity index is 1020. The average molecular weight is 314 g/mol. The van der Waals surface area contributed by atoms with E-state index in [4.69, 9.17) is 4.42 Å². The molecule has 0 aliphatic carbocycles. The Kier molecular flexibility index (Phi) is 3.45. The van der Waals surface area contributed by atoms with Crippen molar-refractivity contribution in [2.75, 3.05) is 0 Å². The molecule has 1 aromatic heterocycles. The van der Waals surface area contributed by atoms with E-state index in [0.717, 1.165) is 17.6 Å². The molecule has 24 heavy (non-hydrogen) atoms. The van der Waals surface area contributed by atoms with Gasteiger partial charge in [0.25, 0.3) is 0 Å². The molecule has 0 spiro atoms. The summed E-state index contributed by atoms with van der Waals surface area (Å²) in [7, 11) is 0. The summed E-state index contributed by atoms with van der Waals surface area (Å²) < 4.78 is 6.18. The van der Waals surface area contributed by atoms with E-state index in [9.17, 15) is 0 Å². The van der Waals surface area contributed by atoms with Gasteiger partial charge in [-0.3, -0.25) is 0 Å². The molecule has 0 fully saturated rings. The van der Waals surface area contributed by atoms with Gasteiger partial charge in [0.15, 0.2) is 0 Å². The molecule has 0 saturated heterocycles. The number of furan rings is 1. The third-order valence-electron chi connectivity index (χ3n) is 4.38. The molecule has 0 amide bonds. The number of rotatable bonds is 2. The molecular formula is C23H22O. The summed E-state index contributed by atoms with van der Waals surface area (Å²) in [5.74, 6) is 0. The Morgan fingerprint density at radius 1 is 0.792 bits per heavy atom. The molecule has 120 valence electrons. The van der Waals surface area contributed by atoms with Gasteiger partial charge in [-0.15, -0.1) is 0 Å². The Balaban J connectivity index is 1.89. The Morgan fingerprint density at radius 3 is 2.38 bits per heavy atom. The van der Waals surface area contributed by atoms with Crippen molar-refractivity contribution in [2.45, 2.75) is 27.2 Å². The van der Waals surface area contributed by atoms with Crippen LogP contribution in [-0.2, 0) is 6.42 Å². The first-order valence-electron chi connectivity index (χ1n) is 8.51. The highest BCUT2D eigenvalue weighted by molar-refractivity contribution is 6.09. The van der Waals surface area contributed by atoms with Gasteiger partial charge in [0.05, 0.1) is 0 Å². The zero-order valence-corrected chi connectivity index (χ0v) is 14.5. The maximum absolute atomic E-state index is 6.18. The second kappa shape index (κ2) is 5.52. The molecule has 0 atom stereocenters. The minimum Gasteiger partial charge on any atom is -0.455 e. The lowest BCUT2D eigenvalue weighted by Gasteiger charge is -2.18. The van der Waals surface area contributed by atoms with Crippen molar-refractivity contribution in [3.63, 3.8) is 0 Å². The van der Waals surface area contributed by atoms with Crippen LogP contribution < -0.4 is 0 Å². The van der Waals surface area contributed by atoms with Crippen LogP contribution in [0.2, 0.25) is 0 Å². The van der Waals surface area contributed by atoms with Gasteiger partial charge in [-0.1, -0.05) is 81.4 Å². The second-order valence-corrected chi connectivity index (χ2v) is 7.72. The van der Waals surface area contributed by atoms with Crippen LogP contribution in [0.5, 0.6) is 0 Å². The lowest BCUT2D eigenvalue weighted by atomic mass is 9.87. The molecule has 0 radical (unpaired) electrons. The van der Waals surface area contributed by atoms with Gasteiger partial charge in [-0.05, 0) is 29.0 Å². The monoisotopic (exact) mass is 314 g/mol. The number of fused-ring (bicyclic) bond motifs is 3. The molecule has 0 aliphatic rings. The van der Waals surface area contributed by atoms with E-state index in [-0.39, 0.29) is 5.41 Å². The standard InChI is InChI=1S/C23H22O/c1-23(2,3)15-16-8-6-9-17(14-16)18-11-7-12-20-19-10-4-5-13-21(19)24-22(18)20/h4-14H,15H2,1-3H3. The maximum Gasteiger partial charge on any atom is 0.143 e. The Hall–Kier alpha value is -2.54. The maximum atomic E-state index is 6.18. The van der Waals surface area contributed by atoms with Crippen LogP contribution in [0.15, 0.2) is 71.1 Å². The van der Waals surface area contributed by atoms with Crippen LogP contribution in [0, 0.1) is 5.41 Å². The van der Waals surface area contributed by atoms with Gasteiger partial charge >= 0.3 is 0 Å². The predicted octanol–water partition coefficient (Wildman–Crippen LogP) is 6.84. The van der Waals surface area contributed by atoms with Crippen LogP contribution in [-0.4, -0.2) is 0 Å². The van der Waals surface area contributed by atoms with Crippen molar-refractivity contribution < 1.29 is 4.42 Å². The summed E-state index contributed by atoms with van der Waals surface area (Å²) in [6.45, 7) is 6.83. The largest absolute Gasteiger partial charge is 0.455 e. The van der Waals surface area contributed by atoms with Gasteiger partial charge in [0.2, 0.25) is 0 Å². The number of benzene rings is 3. The summed E-state index contributed by atoms with van der Waals surface area (Å²) in [6, 6.07) is 23.5. The van der Waals surface area contributed by atoms with Crippen LogP contribution in [0.25, 0.3) is 33.1 Å². The van der Waals surface area contributed by atoms with Gasteiger partial charge < -0.3 is 4.42 Å². The minimum absolute atomic E-state index is 0.282. The topological polar surface area (TPSA) is 13.1 Å². The van der Waals surface area contributed by atoms with E-state index < -0.39 is 0 Å². The third kappa shape index (κ3) is 2.71. The summed E-state index contributed by atoms with van der Waals surface area (Å²) in [6.07, 6.45) is 1.07. The molecular weight excluding hydrogens is 292 g/mol. The van der Waals surface area contributed by atoms with Crippen LogP contribution >= 0.6 is 0 Å². The van der Waals surface area contributed by atoms with Crippen molar-refractivity contribution in [3.8, 4) is 11.1 Å². The van der Waals surface area contributed by atoms with Crippen LogP contribution in [0.4, 0.5) is 0 Å². The molecule has 3 aromatic carbocycles. The fourth-order valence-corrected chi connectivity index (χ4v) is 3.44. The van der Waals surface area contributed by atoms with Gasteiger partial charge in [-0.25, -0.2) is 0 Å². The van der Waals surface area contributed by atoms with E-state index in [2.05, 4.69) is 75.4 Å². The number of para-hydroxylation sites is 2. The van der Waals surface area contributed by atoms with Crippen molar-refractivity contribution in [1.82, 2.24) is 0 Å². The first-order chi connectivity index (χ1) is 11.5. The Morgan fingerprint density at radius 2 is 1.54 bits per heavy atom. The van der Waals surface area contributed by atoms with E-state index in [0.29, 0.717) is 0 Å². The van der Waals surface area contributed by atoms with Gasteiger partial charge in [0.1, 0.15) is 11.2 Å². The molecule has 0 bridgehead atoms. The SMILES string of the molecule is CC(C)(C)Cc1cccc(-c2cccc3c2oc2ccccc23)c1. The molecule has 1 nitrogen and oxygen atoms in total. The molecule has 1 heterocycles. The molecule has 0 unspecified atom stereocenters. The minimum atomic E-state index is 0.282. The van der Waals surface area contributed by atoms with Gasteiger partial charge in [-0.2, -0.15) is 0 Å². The van der Waals surface area contributed by atoms with E-state index in [1.54, 1.807) is 0 Å². The lowest BCUT2D eigenvalue weighted by molar-refractivity contribution is 0.411. The first kappa shape index (κ1) is 15.0. The fourth-order valence-electron chi connectivity index (χ4n) is 3.44. The van der Waals surface area contributed by atoms with E-state index in [1.807, 2.05) is 12.1 Å². The van der Waals surface area contributed by atoms with E-state index >= 15 is 0 Å². The molecule has 0 N–H and O–H groups in total. The molecule has 0 saturated carbocycles. The fraction of sp³-hybridized carbons (Fsp3) is 0.217. The third-order valence-corrected chi connectivity index (χ3v) is 4.38. The average Bonchev–Trinajstić information content (AvgIpc) is 2.92. The van der Waals surface area contributed by atoms with Crippen molar-refractivity contribution in [3.05, 3.63) is 72.3 Å². The predicted molar refractivity (Wildman–Crippen MR) is 102 cm³/mol. The zero-order chi connectivity index (χ0) is 16.7. The van der Waals surface area contributed by atoms with Crippen LogP contribution in [0.3, 0.4) is 0 Å². The first-order valence-corrected chi connectivity index (χ1v) is 8.51. The van der Waals surface area contributed by atoms with Crippen molar-refractivity contribution in [1.29, 1.82) is 0 Å². The molecule has 4 rings (SSSR count). The van der Waals surface area contributed by atoms with Crippen LogP contribution in [0.1, 0.15) is 26.3 Å². The zero-order valence-electron chi connectivity index (χ0n) is 14.5. The van der Waals surface area contributed by atoms with Crippen molar-refractivity contribution >= 4 is 21.9 Å². The summed E-state index contributed by atoms with van der Waals surface area (Å²) in [4.78, 5) is 0. The molecule has 1 heteroatoms. The van der Waals surface area contributed by atoms with Crippen molar-refractivity contribution in [2.24, 2.45) is 5.41 Å². The normalized spacial score (nSPS) is 12.1. The summed E-state index contributed by atoms with van der Waals surface area (Å²) in [5.41, 5.74) is 5.97. The quantitative estimate of drug-likeness (QED) is 0.394. The smallest absolute Gasteiger partial charge is 0.143 e. The number of hydrogen-bond donors (Lipinski definition) is 0. The lowest BCUT2D eigenvalue weighted by Crippen LogP contribution is -2.08. The highest BCUT2D eigenvalue weighted by Crippen LogP contribution is 2.36. The summed E-state index contributed by atoms with van der Waals surface area (Å²) in [5, 5.41) is 2.37. The highest BCUT2D eigenvalue weighted by Gasteiger charge is 2.14. The molecule has 4 aromatic rings. The second-order valence-electron chi connectivity index (χ2n) is 7.72. The highest BCUT2D eigenvalue weighted by atomic mass is 16.3. The Labute approximate surface area is 142 Å². The summed E-state index contributed by atoms with van der Waals surface area (Å²) >= 11 is 0. The van der Waals surface area contributed by atoms with Gasteiger partial charge in [0, 0.05) is 16.3 Å². The van der Waals surface area contributed by atoms with E-state index in [1.165, 1.54) is 27.5 Å². The molecule has 0 aliphatic heterocycles. The number of hydrogen-bond acceptors (Lipinski definition) is 1.